The molecular weight excluding hydrogens is 240 g/mol. The van der Waals surface area contributed by atoms with Crippen LogP contribution in [0.2, 0.25) is 0 Å². The van der Waals surface area contributed by atoms with Crippen LogP contribution in [0.15, 0.2) is 30.3 Å². The van der Waals surface area contributed by atoms with Gasteiger partial charge in [0.05, 0.1) is 0 Å². The lowest BCUT2D eigenvalue weighted by molar-refractivity contribution is 0.120. The molecule has 0 aliphatic carbocycles. The summed E-state index contributed by atoms with van der Waals surface area (Å²) in [4.78, 5) is 0. The summed E-state index contributed by atoms with van der Waals surface area (Å²) >= 11 is 3.36. The van der Waals surface area contributed by atoms with Crippen LogP contribution in [0.5, 0.6) is 0 Å². The van der Waals surface area contributed by atoms with Crippen LogP contribution in [-0.2, 0) is 4.74 Å². The normalized spacial score (nSPS) is 11.6. The zero-order valence-corrected chi connectivity index (χ0v) is 9.75. The first-order valence-electron chi connectivity index (χ1n) is 4.61. The number of rotatable bonds is 3. The molecular formula is C12H13BrO. The highest BCUT2D eigenvalue weighted by Crippen LogP contribution is 1.98. The molecule has 0 aromatic heterocycles. The Kier molecular flexibility index (Phi) is 5.36. The predicted octanol–water partition coefficient (Wildman–Crippen LogP) is 2.84. The molecule has 1 unspecified atom stereocenters. The van der Waals surface area contributed by atoms with Crippen molar-refractivity contribution in [1.82, 2.24) is 0 Å². The summed E-state index contributed by atoms with van der Waals surface area (Å²) in [6.45, 7) is 2.67. The molecule has 0 aliphatic rings. The van der Waals surface area contributed by atoms with Crippen molar-refractivity contribution >= 4 is 15.9 Å². The Morgan fingerprint density at radius 1 is 1.36 bits per heavy atom. The van der Waals surface area contributed by atoms with Crippen LogP contribution in [0.4, 0.5) is 0 Å². The van der Waals surface area contributed by atoms with E-state index >= 15 is 0 Å². The fourth-order valence-electron chi connectivity index (χ4n) is 1.01. The summed E-state index contributed by atoms with van der Waals surface area (Å²) in [7, 11) is 0. The monoisotopic (exact) mass is 252 g/mol. The second kappa shape index (κ2) is 6.64. The van der Waals surface area contributed by atoms with E-state index in [2.05, 4.69) is 27.8 Å². The Hall–Kier alpha value is -0.780. The predicted molar refractivity (Wildman–Crippen MR) is 62.5 cm³/mol. The lowest BCUT2D eigenvalue weighted by atomic mass is 10.2. The molecule has 1 aromatic rings. The number of halogens is 1. The highest BCUT2D eigenvalue weighted by atomic mass is 79.9. The first kappa shape index (κ1) is 11.3. The zero-order chi connectivity index (χ0) is 10.2. The van der Waals surface area contributed by atoms with Crippen molar-refractivity contribution in [2.75, 3.05) is 11.9 Å². The number of alkyl halides is 1. The van der Waals surface area contributed by atoms with Gasteiger partial charge in [-0.3, -0.25) is 0 Å². The van der Waals surface area contributed by atoms with Crippen molar-refractivity contribution in [2.45, 2.75) is 13.0 Å². The quantitative estimate of drug-likeness (QED) is 0.594. The van der Waals surface area contributed by atoms with Crippen LogP contribution in [-0.4, -0.2) is 18.0 Å². The Morgan fingerprint density at radius 3 is 2.64 bits per heavy atom. The van der Waals surface area contributed by atoms with Gasteiger partial charge in [0.1, 0.15) is 6.10 Å². The third-order valence-corrected chi connectivity index (χ3v) is 2.25. The minimum absolute atomic E-state index is 0.0137. The average molecular weight is 253 g/mol. The van der Waals surface area contributed by atoms with E-state index in [4.69, 9.17) is 4.74 Å². The molecule has 14 heavy (non-hydrogen) atoms. The van der Waals surface area contributed by atoms with Gasteiger partial charge in [0.15, 0.2) is 0 Å². The summed E-state index contributed by atoms with van der Waals surface area (Å²) in [5.41, 5.74) is 1.03. The molecule has 0 fully saturated rings. The molecule has 1 nitrogen and oxygen atoms in total. The van der Waals surface area contributed by atoms with Crippen LogP contribution in [0.25, 0.3) is 0 Å². The molecule has 0 N–H and O–H groups in total. The summed E-state index contributed by atoms with van der Waals surface area (Å²) < 4.78 is 5.39. The third kappa shape index (κ3) is 3.95. The molecule has 0 aliphatic heterocycles. The summed E-state index contributed by atoms with van der Waals surface area (Å²) in [6.07, 6.45) is -0.0137. The number of ether oxygens (including phenoxy) is 1. The molecule has 2 heteroatoms. The first-order valence-corrected chi connectivity index (χ1v) is 5.73. The van der Waals surface area contributed by atoms with E-state index in [-0.39, 0.29) is 6.10 Å². The van der Waals surface area contributed by atoms with Crippen LogP contribution in [0.3, 0.4) is 0 Å². The Balaban J connectivity index is 2.61. The fourth-order valence-corrected chi connectivity index (χ4v) is 1.36. The molecule has 74 valence electrons. The summed E-state index contributed by atoms with van der Waals surface area (Å²) in [5.74, 6) is 6.14. The molecule has 0 amide bonds. The average Bonchev–Trinajstić information content (AvgIpc) is 2.25. The maximum Gasteiger partial charge on any atom is 0.128 e. The van der Waals surface area contributed by atoms with Crippen molar-refractivity contribution in [3.63, 3.8) is 0 Å². The van der Waals surface area contributed by atoms with Gasteiger partial charge in [-0.1, -0.05) is 46.0 Å². The highest BCUT2D eigenvalue weighted by molar-refractivity contribution is 9.09. The minimum atomic E-state index is -0.0137. The first-order chi connectivity index (χ1) is 6.86. The van der Waals surface area contributed by atoms with Crippen LogP contribution < -0.4 is 0 Å². The van der Waals surface area contributed by atoms with Gasteiger partial charge >= 0.3 is 0 Å². The lowest BCUT2D eigenvalue weighted by Gasteiger charge is -2.05. The Morgan fingerprint density at radius 2 is 2.07 bits per heavy atom. The van der Waals surface area contributed by atoms with Gasteiger partial charge in [0.25, 0.3) is 0 Å². The smallest absolute Gasteiger partial charge is 0.128 e. The van der Waals surface area contributed by atoms with Crippen LogP contribution in [0.1, 0.15) is 12.5 Å². The highest BCUT2D eigenvalue weighted by Gasteiger charge is 1.99. The van der Waals surface area contributed by atoms with Gasteiger partial charge in [0.2, 0.25) is 0 Å². The lowest BCUT2D eigenvalue weighted by Crippen LogP contribution is -2.11. The topological polar surface area (TPSA) is 9.23 Å². The van der Waals surface area contributed by atoms with E-state index in [9.17, 15) is 0 Å². The number of hydrogen-bond donors (Lipinski definition) is 0. The van der Waals surface area contributed by atoms with E-state index in [0.717, 1.165) is 10.9 Å². The summed E-state index contributed by atoms with van der Waals surface area (Å²) in [5, 5.41) is 0.751. The second-order valence-corrected chi connectivity index (χ2v) is 3.38. The Bertz CT molecular complexity index is 310. The minimum Gasteiger partial charge on any atom is -0.365 e. The zero-order valence-electron chi connectivity index (χ0n) is 8.16. The van der Waals surface area contributed by atoms with E-state index < -0.39 is 0 Å². The van der Waals surface area contributed by atoms with Crippen LogP contribution in [0, 0.1) is 11.8 Å². The molecule has 0 saturated heterocycles. The Labute approximate surface area is 93.6 Å². The van der Waals surface area contributed by atoms with Crippen molar-refractivity contribution in [3.8, 4) is 11.8 Å². The van der Waals surface area contributed by atoms with Gasteiger partial charge in [0, 0.05) is 17.5 Å². The van der Waals surface area contributed by atoms with Crippen molar-refractivity contribution < 1.29 is 4.74 Å². The SMILES string of the molecule is CCOC(C#Cc1ccccc1)CBr. The van der Waals surface area contributed by atoms with Crippen LogP contribution >= 0.6 is 15.9 Å². The van der Waals surface area contributed by atoms with Gasteiger partial charge in [-0.15, -0.1) is 0 Å². The molecule has 1 atom stereocenters. The number of benzene rings is 1. The van der Waals surface area contributed by atoms with Gasteiger partial charge in [-0.25, -0.2) is 0 Å². The molecule has 0 heterocycles. The van der Waals surface area contributed by atoms with Gasteiger partial charge in [-0.2, -0.15) is 0 Å². The van der Waals surface area contributed by atoms with Crippen molar-refractivity contribution in [1.29, 1.82) is 0 Å². The molecule has 1 aromatic carbocycles. The van der Waals surface area contributed by atoms with E-state index in [1.54, 1.807) is 0 Å². The molecule has 0 radical (unpaired) electrons. The molecule has 1 rings (SSSR count). The standard InChI is InChI=1S/C12H13BrO/c1-2-14-12(10-13)9-8-11-6-4-3-5-7-11/h3-7,12H,2,10H2,1H3. The molecule has 0 bridgehead atoms. The summed E-state index contributed by atoms with van der Waals surface area (Å²) in [6, 6.07) is 9.92. The van der Waals surface area contributed by atoms with Gasteiger partial charge < -0.3 is 4.74 Å². The third-order valence-electron chi connectivity index (χ3n) is 1.66. The van der Waals surface area contributed by atoms with Crippen molar-refractivity contribution in [2.24, 2.45) is 0 Å². The van der Waals surface area contributed by atoms with E-state index in [0.29, 0.717) is 6.61 Å². The fraction of sp³-hybridized carbons (Fsp3) is 0.333. The largest absolute Gasteiger partial charge is 0.365 e. The molecule has 0 saturated carbocycles. The van der Waals surface area contributed by atoms with E-state index in [1.807, 2.05) is 37.3 Å². The number of hydrogen-bond acceptors (Lipinski definition) is 1. The maximum atomic E-state index is 5.39. The molecule has 0 spiro atoms. The van der Waals surface area contributed by atoms with E-state index in [1.165, 1.54) is 0 Å². The second-order valence-electron chi connectivity index (χ2n) is 2.73. The van der Waals surface area contributed by atoms with Gasteiger partial charge in [-0.05, 0) is 19.1 Å². The van der Waals surface area contributed by atoms with Crippen molar-refractivity contribution in [3.05, 3.63) is 35.9 Å². The maximum absolute atomic E-state index is 5.39.